The lowest BCUT2D eigenvalue weighted by atomic mass is 10.1. The fourth-order valence-electron chi connectivity index (χ4n) is 3.44. The third-order valence-electron chi connectivity index (χ3n) is 5.27. The van der Waals surface area contributed by atoms with Crippen LogP contribution in [0.3, 0.4) is 0 Å². The van der Waals surface area contributed by atoms with Gasteiger partial charge in [0.1, 0.15) is 18.5 Å². The summed E-state index contributed by atoms with van der Waals surface area (Å²) in [7, 11) is 0. The topological polar surface area (TPSA) is 35.9 Å². The van der Waals surface area contributed by atoms with E-state index >= 15 is 0 Å². The zero-order valence-corrected chi connectivity index (χ0v) is 18.4. The highest BCUT2D eigenvalue weighted by Gasteiger charge is 2.21. The maximum Gasteiger partial charge on any atom is 0.119 e. The van der Waals surface area contributed by atoms with Gasteiger partial charge in [-0.15, -0.1) is 12.4 Å². The van der Waals surface area contributed by atoms with Gasteiger partial charge in [0.05, 0.1) is 0 Å². The number of aliphatic hydroxyl groups is 1. The second-order valence-electron chi connectivity index (χ2n) is 7.43. The molecule has 2 aromatic rings. The number of hydrogen-bond donors (Lipinski definition) is 1. The van der Waals surface area contributed by atoms with Gasteiger partial charge < -0.3 is 14.7 Å². The standard InChI is InChI=1S/C22H29ClN2O2.ClH/c1-16-5-7-21(12-18(16)3)27-15-20(26)14-24-8-10-25(11-9-24)22-13-19(23)6-4-17(22)2;/h4-7,12-13,20,26H,8-11,14-15H2,1-3H3;1H. The van der Waals surface area contributed by atoms with Crippen LogP contribution < -0.4 is 9.64 Å². The number of benzene rings is 2. The van der Waals surface area contributed by atoms with E-state index in [9.17, 15) is 5.11 Å². The first kappa shape index (κ1) is 22.8. The van der Waals surface area contributed by atoms with Gasteiger partial charge in [-0.05, 0) is 61.7 Å². The van der Waals surface area contributed by atoms with Crippen LogP contribution in [0.1, 0.15) is 16.7 Å². The van der Waals surface area contributed by atoms with Crippen molar-refractivity contribution < 1.29 is 9.84 Å². The number of nitrogens with zero attached hydrogens (tertiary/aromatic N) is 2. The van der Waals surface area contributed by atoms with Crippen LogP contribution in [0.25, 0.3) is 0 Å². The molecular weight excluding hydrogens is 395 g/mol. The second kappa shape index (κ2) is 10.4. The zero-order valence-electron chi connectivity index (χ0n) is 16.8. The molecule has 1 fully saturated rings. The molecule has 0 radical (unpaired) electrons. The Morgan fingerprint density at radius 2 is 1.64 bits per heavy atom. The normalized spacial score (nSPS) is 15.8. The molecule has 0 saturated carbocycles. The van der Waals surface area contributed by atoms with Crippen LogP contribution in [0, 0.1) is 20.8 Å². The van der Waals surface area contributed by atoms with Crippen LogP contribution in [-0.2, 0) is 0 Å². The van der Waals surface area contributed by atoms with Crippen LogP contribution in [0.2, 0.25) is 5.02 Å². The van der Waals surface area contributed by atoms with Crippen LogP contribution in [0.4, 0.5) is 5.69 Å². The molecule has 1 aliphatic rings. The van der Waals surface area contributed by atoms with E-state index in [0.717, 1.165) is 37.0 Å². The second-order valence-corrected chi connectivity index (χ2v) is 7.87. The summed E-state index contributed by atoms with van der Waals surface area (Å²) in [5.41, 5.74) is 4.90. The quantitative estimate of drug-likeness (QED) is 0.751. The van der Waals surface area contributed by atoms with Crippen LogP contribution in [0.15, 0.2) is 36.4 Å². The lowest BCUT2D eigenvalue weighted by Gasteiger charge is -2.37. The van der Waals surface area contributed by atoms with Gasteiger partial charge in [0.2, 0.25) is 0 Å². The molecule has 3 rings (SSSR count). The van der Waals surface area contributed by atoms with Crippen molar-refractivity contribution in [1.82, 2.24) is 4.90 Å². The molecule has 6 heteroatoms. The van der Waals surface area contributed by atoms with Gasteiger partial charge in [-0.3, -0.25) is 4.90 Å². The number of halogens is 2. The van der Waals surface area contributed by atoms with E-state index < -0.39 is 6.10 Å². The smallest absolute Gasteiger partial charge is 0.119 e. The zero-order chi connectivity index (χ0) is 19.4. The van der Waals surface area contributed by atoms with Crippen molar-refractivity contribution in [2.45, 2.75) is 26.9 Å². The van der Waals surface area contributed by atoms with E-state index in [-0.39, 0.29) is 12.4 Å². The minimum absolute atomic E-state index is 0. The molecule has 154 valence electrons. The maximum absolute atomic E-state index is 10.4. The molecule has 0 bridgehead atoms. The van der Waals surface area contributed by atoms with E-state index in [2.05, 4.69) is 36.6 Å². The van der Waals surface area contributed by atoms with Gasteiger partial charge in [0.15, 0.2) is 0 Å². The number of piperazine rings is 1. The van der Waals surface area contributed by atoms with Crippen LogP contribution in [0.5, 0.6) is 5.75 Å². The van der Waals surface area contributed by atoms with Crippen molar-refractivity contribution in [3.63, 3.8) is 0 Å². The van der Waals surface area contributed by atoms with Crippen LogP contribution >= 0.6 is 24.0 Å². The summed E-state index contributed by atoms with van der Waals surface area (Å²) >= 11 is 6.15. The third kappa shape index (κ3) is 6.02. The van der Waals surface area contributed by atoms with Crippen molar-refractivity contribution in [3.8, 4) is 5.75 Å². The van der Waals surface area contributed by atoms with Gasteiger partial charge in [0, 0.05) is 43.4 Å². The predicted octanol–water partition coefficient (Wildman–Crippen LogP) is 4.25. The van der Waals surface area contributed by atoms with Gasteiger partial charge in [0.25, 0.3) is 0 Å². The Hall–Kier alpha value is -1.46. The molecule has 28 heavy (non-hydrogen) atoms. The first-order valence-electron chi connectivity index (χ1n) is 9.54. The Bertz CT molecular complexity index is 777. The largest absolute Gasteiger partial charge is 0.491 e. The minimum Gasteiger partial charge on any atom is -0.491 e. The van der Waals surface area contributed by atoms with Crippen molar-refractivity contribution >= 4 is 29.7 Å². The summed E-state index contributed by atoms with van der Waals surface area (Å²) in [6.45, 7) is 10.9. The summed E-state index contributed by atoms with van der Waals surface area (Å²) in [6.07, 6.45) is -0.494. The van der Waals surface area contributed by atoms with Gasteiger partial charge in [-0.2, -0.15) is 0 Å². The molecule has 0 aliphatic carbocycles. The minimum atomic E-state index is -0.494. The van der Waals surface area contributed by atoms with Crippen molar-refractivity contribution in [2.75, 3.05) is 44.2 Å². The SMILES string of the molecule is Cc1ccc(OCC(O)CN2CCN(c3cc(Cl)ccc3C)CC2)cc1C.Cl. The molecular formula is C22H30Cl2N2O2. The van der Waals surface area contributed by atoms with E-state index in [1.54, 1.807) is 0 Å². The lowest BCUT2D eigenvalue weighted by molar-refractivity contribution is 0.0663. The monoisotopic (exact) mass is 424 g/mol. The first-order valence-corrected chi connectivity index (χ1v) is 9.92. The Morgan fingerprint density at radius 3 is 2.32 bits per heavy atom. The number of aliphatic hydroxyl groups excluding tert-OH is 1. The molecule has 1 N–H and O–H groups in total. The van der Waals surface area contributed by atoms with E-state index in [1.807, 2.05) is 30.3 Å². The van der Waals surface area contributed by atoms with E-state index in [0.29, 0.717) is 13.2 Å². The average molecular weight is 425 g/mol. The van der Waals surface area contributed by atoms with Gasteiger partial charge in [-0.25, -0.2) is 0 Å². The molecule has 1 heterocycles. The number of aryl methyl sites for hydroxylation is 3. The fraction of sp³-hybridized carbons (Fsp3) is 0.455. The lowest BCUT2D eigenvalue weighted by Crippen LogP contribution is -2.49. The van der Waals surface area contributed by atoms with Crippen molar-refractivity contribution in [1.29, 1.82) is 0 Å². The predicted molar refractivity (Wildman–Crippen MR) is 120 cm³/mol. The van der Waals surface area contributed by atoms with Crippen molar-refractivity contribution in [2.24, 2.45) is 0 Å². The maximum atomic E-state index is 10.4. The van der Waals surface area contributed by atoms with Crippen LogP contribution in [-0.4, -0.2) is 55.4 Å². The highest BCUT2D eigenvalue weighted by molar-refractivity contribution is 6.30. The number of rotatable bonds is 6. The molecule has 2 aromatic carbocycles. The summed E-state index contributed by atoms with van der Waals surface area (Å²) in [4.78, 5) is 4.67. The average Bonchev–Trinajstić information content (AvgIpc) is 2.65. The summed E-state index contributed by atoms with van der Waals surface area (Å²) < 4.78 is 5.76. The van der Waals surface area contributed by atoms with E-state index in [4.69, 9.17) is 16.3 Å². The summed E-state index contributed by atoms with van der Waals surface area (Å²) in [6, 6.07) is 12.1. The van der Waals surface area contributed by atoms with Gasteiger partial charge in [-0.1, -0.05) is 23.7 Å². The Kier molecular flexibility index (Phi) is 8.44. The Labute approximate surface area is 179 Å². The number of anilines is 1. The number of ether oxygens (including phenoxy) is 1. The molecule has 1 saturated heterocycles. The molecule has 1 unspecified atom stereocenters. The molecule has 1 atom stereocenters. The van der Waals surface area contributed by atoms with Gasteiger partial charge >= 0.3 is 0 Å². The summed E-state index contributed by atoms with van der Waals surface area (Å²) in [5, 5.41) is 11.1. The highest BCUT2D eigenvalue weighted by Crippen LogP contribution is 2.25. The highest BCUT2D eigenvalue weighted by atomic mass is 35.5. The third-order valence-corrected chi connectivity index (χ3v) is 5.51. The first-order chi connectivity index (χ1) is 12.9. The molecule has 4 nitrogen and oxygen atoms in total. The molecule has 1 aliphatic heterocycles. The Balaban J connectivity index is 0.00000280. The molecule has 0 aromatic heterocycles. The van der Waals surface area contributed by atoms with E-state index in [1.165, 1.54) is 22.4 Å². The number of hydrogen-bond acceptors (Lipinski definition) is 4. The van der Waals surface area contributed by atoms with Crippen molar-refractivity contribution in [3.05, 3.63) is 58.1 Å². The molecule has 0 spiro atoms. The number of β-amino-alcohol motifs (C(OH)–C–C–N with tert-alkyl or cyclic N) is 1. The summed E-state index contributed by atoms with van der Waals surface area (Å²) in [5.74, 6) is 0.818. The molecule has 0 amide bonds. The Morgan fingerprint density at radius 1 is 0.964 bits per heavy atom. The fourth-order valence-corrected chi connectivity index (χ4v) is 3.61.